The van der Waals surface area contributed by atoms with Crippen LogP contribution in [0.25, 0.3) is 16.5 Å². The third kappa shape index (κ3) is 18.3. The topological polar surface area (TPSA) is 23.8 Å². The van der Waals surface area contributed by atoms with Crippen LogP contribution in [-0.2, 0) is 23.3 Å². The first-order valence-electron chi connectivity index (χ1n) is 5.17. The van der Waals surface area contributed by atoms with Gasteiger partial charge in [-0.3, -0.25) is 0 Å². The molecule has 0 amide bonds. The molecule has 0 saturated carbocycles. The molecule has 0 aliphatic heterocycles. The maximum atomic E-state index is 6.94. The van der Waals surface area contributed by atoms with Gasteiger partial charge in [-0.1, -0.05) is 47.2 Å². The van der Waals surface area contributed by atoms with Crippen molar-refractivity contribution in [1.82, 2.24) is 0 Å². The van der Waals surface area contributed by atoms with E-state index in [1.54, 1.807) is 0 Å². The zero-order chi connectivity index (χ0) is 13.5. The fourth-order valence-corrected chi connectivity index (χ4v) is 1.61. The molecule has 2 radical (unpaired) electrons. The van der Waals surface area contributed by atoms with Crippen LogP contribution in [-0.4, -0.2) is 12.4 Å². The van der Waals surface area contributed by atoms with Crippen molar-refractivity contribution in [3.63, 3.8) is 0 Å². The summed E-state index contributed by atoms with van der Waals surface area (Å²) in [5, 5.41) is 2.60. The number of hydrogen-bond acceptors (Lipinski definition) is 0. The summed E-state index contributed by atoms with van der Waals surface area (Å²) in [6.07, 6.45) is 0. The van der Waals surface area contributed by atoms with Crippen molar-refractivity contribution < 1.29 is 23.3 Å². The van der Waals surface area contributed by atoms with Crippen molar-refractivity contribution in [2.75, 3.05) is 0 Å². The quantitative estimate of drug-likeness (QED) is 0.323. The molecule has 0 aromatic heterocycles. The Bertz CT molecular complexity index is 410. The van der Waals surface area contributed by atoms with Crippen LogP contribution >= 0.6 is 15.9 Å². The molecule has 2 aromatic rings. The molecule has 0 atom stereocenters. The van der Waals surface area contributed by atoms with Gasteiger partial charge in [0.1, 0.15) is 0 Å². The molecule has 2 rings (SSSR count). The van der Waals surface area contributed by atoms with Gasteiger partial charge < -0.3 is 35.4 Å². The average Bonchev–Trinajstić information content (AvgIpc) is 2.58. The Morgan fingerprint density at radius 3 is 1.81 bits per heavy atom. The van der Waals surface area contributed by atoms with Crippen LogP contribution in [0.4, 0.5) is 0 Å². The summed E-state index contributed by atoms with van der Waals surface area (Å²) in [6, 6.07) is 12.6. The predicted octanol–water partition coefficient (Wildman–Crippen LogP) is 6.58. The van der Waals surface area contributed by atoms with Gasteiger partial charge in [0.2, 0.25) is 0 Å². The molecular weight excluding hydrogens is 417 g/mol. The summed E-state index contributed by atoms with van der Waals surface area (Å²) < 4.78 is 1.16. The van der Waals surface area contributed by atoms with Gasteiger partial charge >= 0.3 is 30.2 Å². The van der Waals surface area contributed by atoms with Crippen LogP contribution in [0.3, 0.4) is 0 Å². The molecular formula is C17H28BrNSiZr-6. The van der Waals surface area contributed by atoms with Gasteiger partial charge in [0, 0.05) is 0 Å². The molecule has 0 bridgehead atoms. The summed E-state index contributed by atoms with van der Waals surface area (Å²) in [4.78, 5) is 0. The summed E-state index contributed by atoms with van der Waals surface area (Å²) >= 11 is 4.78. The number of fused-ring (bicyclic) bond motifs is 1. The Hall–Kier alpha value is 0.370. The fraction of sp³-hybridized carbons (Fsp3) is 0.235. The van der Waals surface area contributed by atoms with Gasteiger partial charge in [0.25, 0.3) is 0 Å². The van der Waals surface area contributed by atoms with Crippen LogP contribution in [0.15, 0.2) is 40.9 Å². The maximum absolute atomic E-state index is 6.94. The van der Waals surface area contributed by atoms with Gasteiger partial charge in [-0.2, -0.15) is 6.07 Å². The summed E-state index contributed by atoms with van der Waals surface area (Å²) in [5.74, 6) is 0. The normalized spacial score (nSPS) is 8.00. The van der Waals surface area contributed by atoms with E-state index in [9.17, 15) is 0 Å². The van der Waals surface area contributed by atoms with Gasteiger partial charge in [0.15, 0.2) is 0 Å². The number of nitrogens with one attached hydrogen (secondary N) is 1. The molecule has 1 N–H and O–H groups in total. The van der Waals surface area contributed by atoms with E-state index in [1.807, 2.05) is 20.8 Å². The standard InChI is InChI=1S/C9H6Br.C4H10N.4CH3.Si.Zr/c10-9-5-7-3-1-2-4-8(7)6-9;1-4(2,3)5;;;;;;/h1-6H;5H,1-3H3;4*1H3;;/q6*-1;;. The molecule has 2 aromatic carbocycles. The van der Waals surface area contributed by atoms with Crippen LogP contribution in [0.1, 0.15) is 20.8 Å². The monoisotopic (exact) mass is 443 g/mol. The van der Waals surface area contributed by atoms with Gasteiger partial charge in [-0.25, -0.2) is 0 Å². The third-order valence-corrected chi connectivity index (χ3v) is 2.04. The van der Waals surface area contributed by atoms with Crippen molar-refractivity contribution in [3.05, 3.63) is 76.3 Å². The minimum absolute atomic E-state index is 0. The van der Waals surface area contributed by atoms with E-state index in [2.05, 4.69) is 59.2 Å². The second-order valence-corrected chi connectivity index (χ2v) is 5.47. The van der Waals surface area contributed by atoms with E-state index in [-0.39, 0.29) is 35.2 Å². The second-order valence-electron chi connectivity index (χ2n) is 4.55. The zero-order valence-corrected chi connectivity index (χ0v) is 19.4. The van der Waals surface area contributed by atoms with Crippen molar-refractivity contribution in [1.29, 1.82) is 0 Å². The van der Waals surface area contributed by atoms with E-state index in [4.69, 9.17) is 5.73 Å². The SMILES string of the molecule is Brc1cc2ccccc2[cH-]1.CC(C)(C)[NH-].[CH3-].[CH3-].[CH3-].[CH3-].[Si]=[Zr]. The van der Waals surface area contributed by atoms with E-state index < -0.39 is 0 Å². The Morgan fingerprint density at radius 2 is 1.43 bits per heavy atom. The molecule has 0 saturated heterocycles. The third-order valence-electron chi connectivity index (χ3n) is 1.58. The Morgan fingerprint density at radius 1 is 1.05 bits per heavy atom. The van der Waals surface area contributed by atoms with Crippen molar-refractivity contribution in [3.8, 4) is 0 Å². The molecule has 0 fully saturated rings. The first-order valence-corrected chi connectivity index (χ1v) is 10.2. The van der Waals surface area contributed by atoms with Crippen molar-refractivity contribution in [2.45, 2.75) is 26.3 Å². The van der Waals surface area contributed by atoms with Crippen LogP contribution in [0.5, 0.6) is 0 Å². The number of hydrogen-bond donors (Lipinski definition) is 0. The molecule has 0 spiro atoms. The van der Waals surface area contributed by atoms with Crippen molar-refractivity contribution >= 4 is 33.6 Å². The predicted molar refractivity (Wildman–Crippen MR) is 103 cm³/mol. The molecule has 0 aliphatic rings. The average molecular weight is 446 g/mol. The number of rotatable bonds is 0. The minimum atomic E-state index is -0.250. The van der Waals surface area contributed by atoms with Gasteiger partial charge in [-0.15, -0.1) is 40.6 Å². The molecule has 4 heteroatoms. The Labute approximate surface area is 158 Å². The Balaban J connectivity index is -0.0000000695. The zero-order valence-electron chi connectivity index (χ0n) is 14.3. The Kier molecular flexibility index (Phi) is 26.4. The number of benzene rings is 1. The molecule has 0 unspecified atom stereocenters. The summed E-state index contributed by atoms with van der Waals surface area (Å²) in [7, 11) is 0. The first-order chi connectivity index (χ1) is 7.86. The van der Waals surface area contributed by atoms with E-state index >= 15 is 0 Å². The molecule has 122 valence electrons. The fourth-order valence-electron chi connectivity index (χ4n) is 1.11. The summed E-state index contributed by atoms with van der Waals surface area (Å²) in [5.41, 5.74) is 6.69. The number of halogens is 1. The molecule has 0 heterocycles. The first kappa shape index (κ1) is 33.1. The van der Waals surface area contributed by atoms with Crippen LogP contribution in [0.2, 0.25) is 0 Å². The summed E-state index contributed by atoms with van der Waals surface area (Å²) in [6.45, 7) is 8.62. The van der Waals surface area contributed by atoms with Gasteiger partial charge in [0.05, 0.1) is 0 Å². The van der Waals surface area contributed by atoms with E-state index in [1.165, 1.54) is 34.1 Å². The van der Waals surface area contributed by atoms with Crippen LogP contribution in [0, 0.1) is 29.7 Å². The molecule has 1 nitrogen and oxygen atoms in total. The second kappa shape index (κ2) is 16.7. The van der Waals surface area contributed by atoms with E-state index in [0.717, 1.165) is 4.47 Å². The molecule has 21 heavy (non-hydrogen) atoms. The van der Waals surface area contributed by atoms with Crippen molar-refractivity contribution in [2.24, 2.45) is 0 Å². The van der Waals surface area contributed by atoms with Crippen LogP contribution < -0.4 is 0 Å². The van der Waals surface area contributed by atoms with E-state index in [0.29, 0.717) is 0 Å². The molecule has 0 aliphatic carbocycles. The van der Waals surface area contributed by atoms with Gasteiger partial charge in [-0.05, 0) is 0 Å².